The molecule has 0 aromatic heterocycles. The molecule has 0 radical (unpaired) electrons. The van der Waals surface area contributed by atoms with Crippen LogP contribution in [0.25, 0.3) is 0 Å². The molecule has 2 aliphatic rings. The molecule has 0 aromatic rings. The summed E-state index contributed by atoms with van der Waals surface area (Å²) in [5.41, 5.74) is 0. The van der Waals surface area contributed by atoms with Gasteiger partial charge in [0.25, 0.3) is 0 Å². The molecule has 2 fully saturated rings. The quantitative estimate of drug-likeness (QED) is 0.736. The van der Waals surface area contributed by atoms with Crippen LogP contribution < -0.4 is 5.32 Å². The van der Waals surface area contributed by atoms with Gasteiger partial charge in [-0.2, -0.15) is 0 Å². The maximum Gasteiger partial charge on any atom is 0.227 e. The fourth-order valence-electron chi connectivity index (χ4n) is 2.81. The number of likely N-dealkylation sites (tertiary alicyclic amines) is 1. The summed E-state index contributed by atoms with van der Waals surface area (Å²) in [5.74, 6) is 0.302. The number of aliphatic hydroxyl groups is 1. The second-order valence-electron chi connectivity index (χ2n) is 5.47. The van der Waals surface area contributed by atoms with Gasteiger partial charge in [0.1, 0.15) is 0 Å². The molecule has 18 heavy (non-hydrogen) atoms. The average Bonchev–Trinajstić information content (AvgIpc) is 2.39. The molecule has 2 heterocycles. The van der Waals surface area contributed by atoms with Gasteiger partial charge in [0, 0.05) is 32.0 Å². The van der Waals surface area contributed by atoms with Crippen molar-refractivity contribution >= 4 is 11.8 Å². The minimum absolute atomic E-state index is 0.0413. The lowest BCUT2D eigenvalue weighted by molar-refractivity contribution is -0.139. The lowest BCUT2D eigenvalue weighted by Crippen LogP contribution is -2.49. The first-order valence-corrected chi connectivity index (χ1v) is 6.81. The maximum absolute atomic E-state index is 12.3. The molecule has 2 amide bonds. The van der Waals surface area contributed by atoms with Crippen LogP contribution in [0.15, 0.2) is 0 Å². The van der Waals surface area contributed by atoms with Crippen LogP contribution >= 0.6 is 0 Å². The molecule has 0 aliphatic carbocycles. The summed E-state index contributed by atoms with van der Waals surface area (Å²) in [6, 6.07) is 0. The highest BCUT2D eigenvalue weighted by Crippen LogP contribution is 2.23. The number of hydrogen-bond donors (Lipinski definition) is 2. The van der Waals surface area contributed by atoms with E-state index < -0.39 is 0 Å². The fraction of sp³-hybridized carbons (Fsp3) is 0.846. The molecule has 2 aliphatic heterocycles. The Labute approximate surface area is 108 Å². The summed E-state index contributed by atoms with van der Waals surface area (Å²) in [6.07, 6.45) is 2.69. The molecule has 3 unspecified atom stereocenters. The Morgan fingerprint density at radius 3 is 2.89 bits per heavy atom. The number of carbonyl (C=O) groups is 2. The predicted molar refractivity (Wildman–Crippen MR) is 66.7 cm³/mol. The molecule has 0 spiro atoms. The Balaban J connectivity index is 1.90. The molecule has 0 aromatic carbocycles. The van der Waals surface area contributed by atoms with Crippen molar-refractivity contribution in [2.24, 2.45) is 11.8 Å². The van der Waals surface area contributed by atoms with E-state index in [0.29, 0.717) is 25.9 Å². The normalized spacial score (nSPS) is 30.8. The highest BCUT2D eigenvalue weighted by atomic mass is 16.3. The molecule has 2 N–H and O–H groups in total. The van der Waals surface area contributed by atoms with Crippen molar-refractivity contribution in [2.75, 3.05) is 19.6 Å². The first kappa shape index (κ1) is 13.3. The molecule has 2 rings (SSSR count). The first-order valence-electron chi connectivity index (χ1n) is 6.81. The predicted octanol–water partition coefficient (Wildman–Crippen LogP) is 0.132. The van der Waals surface area contributed by atoms with E-state index in [4.69, 9.17) is 0 Å². The van der Waals surface area contributed by atoms with E-state index in [0.717, 1.165) is 19.4 Å². The third-order valence-electron chi connectivity index (χ3n) is 4.07. The van der Waals surface area contributed by atoms with Gasteiger partial charge in [0.2, 0.25) is 11.8 Å². The molecule has 5 nitrogen and oxygen atoms in total. The summed E-state index contributed by atoms with van der Waals surface area (Å²) in [7, 11) is 0. The summed E-state index contributed by atoms with van der Waals surface area (Å²) in [4.78, 5) is 25.3. The van der Waals surface area contributed by atoms with Crippen LogP contribution in [0.3, 0.4) is 0 Å². The van der Waals surface area contributed by atoms with E-state index in [9.17, 15) is 14.7 Å². The van der Waals surface area contributed by atoms with Gasteiger partial charge < -0.3 is 15.3 Å². The van der Waals surface area contributed by atoms with Crippen molar-refractivity contribution in [1.82, 2.24) is 10.2 Å². The molecule has 3 atom stereocenters. The van der Waals surface area contributed by atoms with Crippen LogP contribution in [0.1, 0.15) is 32.6 Å². The number of amides is 2. The van der Waals surface area contributed by atoms with Gasteiger partial charge in [-0.1, -0.05) is 0 Å². The summed E-state index contributed by atoms with van der Waals surface area (Å²) < 4.78 is 0. The van der Waals surface area contributed by atoms with Gasteiger partial charge in [0.15, 0.2) is 0 Å². The molecule has 5 heteroatoms. The molecule has 2 saturated heterocycles. The topological polar surface area (TPSA) is 69.6 Å². The van der Waals surface area contributed by atoms with Crippen molar-refractivity contribution in [2.45, 2.75) is 38.7 Å². The SMILES string of the molecule is CC(O)C1CCCN(C(=O)C2CCC(=O)NC2)C1. The maximum atomic E-state index is 12.3. The summed E-state index contributed by atoms with van der Waals surface area (Å²) >= 11 is 0. The van der Waals surface area contributed by atoms with Crippen LogP contribution in [0.2, 0.25) is 0 Å². The lowest BCUT2D eigenvalue weighted by atomic mass is 9.91. The van der Waals surface area contributed by atoms with Crippen molar-refractivity contribution in [3.05, 3.63) is 0 Å². The highest BCUT2D eigenvalue weighted by Gasteiger charge is 2.32. The standard InChI is InChI=1S/C13H22N2O3/c1-9(16)11-3-2-6-15(8-11)13(18)10-4-5-12(17)14-7-10/h9-11,16H,2-8H2,1H3,(H,14,17). The molecule has 0 saturated carbocycles. The number of nitrogens with zero attached hydrogens (tertiary/aromatic N) is 1. The smallest absolute Gasteiger partial charge is 0.227 e. The number of nitrogens with one attached hydrogen (secondary N) is 1. The minimum atomic E-state index is -0.355. The van der Waals surface area contributed by atoms with E-state index in [1.807, 2.05) is 4.90 Å². The van der Waals surface area contributed by atoms with Crippen molar-refractivity contribution in [3.8, 4) is 0 Å². The van der Waals surface area contributed by atoms with E-state index in [1.54, 1.807) is 6.92 Å². The second kappa shape index (κ2) is 5.69. The highest BCUT2D eigenvalue weighted by molar-refractivity contribution is 5.83. The zero-order valence-electron chi connectivity index (χ0n) is 10.9. The monoisotopic (exact) mass is 254 g/mol. The molecular weight excluding hydrogens is 232 g/mol. The van der Waals surface area contributed by atoms with Gasteiger partial charge in [-0.05, 0) is 26.2 Å². The van der Waals surface area contributed by atoms with Crippen LogP contribution in [0.4, 0.5) is 0 Å². The van der Waals surface area contributed by atoms with Gasteiger partial charge >= 0.3 is 0 Å². The first-order chi connectivity index (χ1) is 8.58. The lowest BCUT2D eigenvalue weighted by Gasteiger charge is -2.36. The third kappa shape index (κ3) is 3.02. The summed E-state index contributed by atoms with van der Waals surface area (Å²) in [6.45, 7) is 3.69. The Bertz CT molecular complexity index is 320. The Morgan fingerprint density at radius 2 is 2.28 bits per heavy atom. The number of carbonyl (C=O) groups excluding carboxylic acids is 2. The van der Waals surface area contributed by atoms with Gasteiger partial charge in [-0.25, -0.2) is 0 Å². The minimum Gasteiger partial charge on any atom is -0.393 e. The van der Waals surface area contributed by atoms with Crippen molar-refractivity contribution in [1.29, 1.82) is 0 Å². The molecular formula is C13H22N2O3. The second-order valence-corrected chi connectivity index (χ2v) is 5.47. The third-order valence-corrected chi connectivity index (χ3v) is 4.07. The number of hydrogen-bond acceptors (Lipinski definition) is 3. The molecule has 0 bridgehead atoms. The van der Waals surface area contributed by atoms with E-state index in [2.05, 4.69) is 5.32 Å². The Kier molecular flexibility index (Phi) is 4.22. The van der Waals surface area contributed by atoms with Crippen LogP contribution in [-0.4, -0.2) is 47.6 Å². The number of piperidine rings is 2. The Hall–Kier alpha value is -1.10. The van der Waals surface area contributed by atoms with Gasteiger partial charge in [-0.15, -0.1) is 0 Å². The average molecular weight is 254 g/mol. The molecule has 102 valence electrons. The van der Waals surface area contributed by atoms with Gasteiger partial charge in [-0.3, -0.25) is 9.59 Å². The Morgan fingerprint density at radius 1 is 1.50 bits per heavy atom. The van der Waals surface area contributed by atoms with Crippen molar-refractivity contribution in [3.63, 3.8) is 0 Å². The number of aliphatic hydroxyl groups excluding tert-OH is 1. The van der Waals surface area contributed by atoms with Gasteiger partial charge in [0.05, 0.1) is 12.0 Å². The van der Waals surface area contributed by atoms with E-state index in [-0.39, 0.29) is 29.8 Å². The van der Waals surface area contributed by atoms with E-state index >= 15 is 0 Å². The zero-order valence-corrected chi connectivity index (χ0v) is 10.9. The van der Waals surface area contributed by atoms with Crippen LogP contribution in [0.5, 0.6) is 0 Å². The summed E-state index contributed by atoms with van der Waals surface area (Å²) in [5, 5.41) is 12.4. The largest absolute Gasteiger partial charge is 0.393 e. The van der Waals surface area contributed by atoms with E-state index in [1.165, 1.54) is 0 Å². The van der Waals surface area contributed by atoms with Crippen LogP contribution in [-0.2, 0) is 9.59 Å². The van der Waals surface area contributed by atoms with Crippen molar-refractivity contribution < 1.29 is 14.7 Å². The fourth-order valence-corrected chi connectivity index (χ4v) is 2.81. The number of rotatable bonds is 2. The zero-order chi connectivity index (χ0) is 13.1. The van der Waals surface area contributed by atoms with Crippen LogP contribution in [0, 0.1) is 11.8 Å².